The lowest BCUT2D eigenvalue weighted by molar-refractivity contribution is -0.123. The first-order chi connectivity index (χ1) is 13.6. The molecule has 1 N–H and O–H groups in total. The maximum absolute atomic E-state index is 12.0. The Kier molecular flexibility index (Phi) is 6.11. The first-order valence-corrected chi connectivity index (χ1v) is 8.73. The van der Waals surface area contributed by atoms with Gasteiger partial charge in [0.25, 0.3) is 5.91 Å². The van der Waals surface area contributed by atoms with E-state index in [-0.39, 0.29) is 12.5 Å². The van der Waals surface area contributed by atoms with Crippen LogP contribution in [-0.2, 0) is 16.1 Å². The number of ether oxygens (including phenoxy) is 3. The van der Waals surface area contributed by atoms with Crippen molar-refractivity contribution in [3.63, 3.8) is 0 Å². The normalized spacial score (nSPS) is 10.4. The van der Waals surface area contributed by atoms with Gasteiger partial charge in [-0.15, -0.1) is 0 Å². The number of hydrogen-bond acceptors (Lipinski definition) is 5. The van der Waals surface area contributed by atoms with Crippen LogP contribution in [0.4, 0.5) is 0 Å². The Morgan fingerprint density at radius 1 is 0.857 bits per heavy atom. The van der Waals surface area contributed by atoms with E-state index in [9.17, 15) is 9.59 Å². The van der Waals surface area contributed by atoms with Gasteiger partial charge < -0.3 is 19.5 Å². The summed E-state index contributed by atoms with van der Waals surface area (Å²) < 4.78 is 15.5. The molecular weight excluding hydrogens is 358 g/mol. The average Bonchev–Trinajstić information content (AvgIpc) is 2.75. The summed E-state index contributed by atoms with van der Waals surface area (Å²) in [5.41, 5.74) is 1.34. The second-order valence-electron chi connectivity index (χ2n) is 6.13. The molecule has 0 spiro atoms. The van der Waals surface area contributed by atoms with E-state index in [0.29, 0.717) is 17.9 Å². The Morgan fingerprint density at radius 2 is 1.54 bits per heavy atom. The van der Waals surface area contributed by atoms with Crippen LogP contribution in [0.5, 0.6) is 11.5 Å². The number of fused-ring (bicyclic) bond motifs is 1. The summed E-state index contributed by atoms with van der Waals surface area (Å²) in [5.74, 6) is 0.749. The zero-order valence-corrected chi connectivity index (χ0v) is 15.7. The number of esters is 1. The molecule has 6 heteroatoms. The van der Waals surface area contributed by atoms with E-state index in [4.69, 9.17) is 9.47 Å². The third-order valence-electron chi connectivity index (χ3n) is 4.25. The van der Waals surface area contributed by atoms with E-state index in [0.717, 1.165) is 22.1 Å². The molecule has 0 bridgehead atoms. The molecule has 0 atom stereocenters. The maximum Gasteiger partial charge on any atom is 0.337 e. The second kappa shape index (κ2) is 8.90. The van der Waals surface area contributed by atoms with Crippen molar-refractivity contribution in [1.82, 2.24) is 5.32 Å². The van der Waals surface area contributed by atoms with Crippen molar-refractivity contribution in [2.24, 2.45) is 0 Å². The van der Waals surface area contributed by atoms with Gasteiger partial charge in [-0.25, -0.2) is 4.79 Å². The van der Waals surface area contributed by atoms with E-state index in [1.807, 2.05) is 36.4 Å². The fourth-order valence-electron chi connectivity index (χ4n) is 2.70. The molecule has 0 saturated carbocycles. The lowest BCUT2D eigenvalue weighted by Crippen LogP contribution is -2.28. The molecule has 0 aliphatic carbocycles. The quantitative estimate of drug-likeness (QED) is 0.638. The van der Waals surface area contributed by atoms with Crippen molar-refractivity contribution < 1.29 is 23.8 Å². The van der Waals surface area contributed by atoms with Crippen LogP contribution in [0.2, 0.25) is 0 Å². The SMILES string of the molecule is COC(=O)c1ccc(CNC(=O)COc2ccc3ccc(OC)cc3c2)cc1. The Bertz CT molecular complexity index is 982. The molecule has 0 radical (unpaired) electrons. The molecule has 3 rings (SSSR count). The highest BCUT2D eigenvalue weighted by Gasteiger charge is 2.07. The summed E-state index contributed by atoms with van der Waals surface area (Å²) in [7, 11) is 2.96. The predicted octanol–water partition coefficient (Wildman–Crippen LogP) is 3.33. The van der Waals surface area contributed by atoms with Gasteiger partial charge in [-0.1, -0.05) is 24.3 Å². The third kappa shape index (κ3) is 4.79. The van der Waals surface area contributed by atoms with Crippen LogP contribution in [-0.4, -0.2) is 32.7 Å². The van der Waals surface area contributed by atoms with E-state index >= 15 is 0 Å². The second-order valence-corrected chi connectivity index (χ2v) is 6.13. The zero-order chi connectivity index (χ0) is 19.9. The largest absolute Gasteiger partial charge is 0.497 e. The predicted molar refractivity (Wildman–Crippen MR) is 106 cm³/mol. The minimum absolute atomic E-state index is 0.0876. The van der Waals surface area contributed by atoms with Gasteiger partial charge in [-0.2, -0.15) is 0 Å². The minimum atomic E-state index is -0.392. The molecule has 0 aliphatic heterocycles. The van der Waals surface area contributed by atoms with Gasteiger partial charge in [-0.3, -0.25) is 4.79 Å². The average molecular weight is 379 g/mol. The zero-order valence-electron chi connectivity index (χ0n) is 15.7. The highest BCUT2D eigenvalue weighted by molar-refractivity contribution is 5.89. The Morgan fingerprint density at radius 3 is 2.21 bits per heavy atom. The molecule has 0 unspecified atom stereocenters. The topological polar surface area (TPSA) is 73.9 Å². The van der Waals surface area contributed by atoms with Crippen LogP contribution in [0.1, 0.15) is 15.9 Å². The molecule has 6 nitrogen and oxygen atoms in total. The summed E-state index contributed by atoms with van der Waals surface area (Å²) in [4.78, 5) is 23.5. The van der Waals surface area contributed by atoms with Crippen molar-refractivity contribution in [2.75, 3.05) is 20.8 Å². The van der Waals surface area contributed by atoms with Gasteiger partial charge in [0, 0.05) is 6.54 Å². The summed E-state index contributed by atoms with van der Waals surface area (Å²) in [6.45, 7) is 0.258. The van der Waals surface area contributed by atoms with E-state index < -0.39 is 5.97 Å². The molecule has 3 aromatic rings. The Labute approximate surface area is 163 Å². The standard InChI is InChI=1S/C22H21NO5/c1-26-19-9-7-16-8-10-20(12-18(16)11-19)28-14-21(24)23-13-15-3-5-17(6-4-15)22(25)27-2/h3-12H,13-14H2,1-2H3,(H,23,24). The number of carbonyl (C=O) groups is 2. The van der Waals surface area contributed by atoms with Crippen LogP contribution < -0.4 is 14.8 Å². The van der Waals surface area contributed by atoms with Gasteiger partial charge >= 0.3 is 5.97 Å². The number of methoxy groups -OCH3 is 2. The number of rotatable bonds is 7. The van der Waals surface area contributed by atoms with Crippen LogP contribution >= 0.6 is 0 Å². The van der Waals surface area contributed by atoms with Crippen molar-refractivity contribution in [3.8, 4) is 11.5 Å². The molecule has 3 aromatic carbocycles. The first kappa shape index (κ1) is 19.2. The lowest BCUT2D eigenvalue weighted by Gasteiger charge is -2.09. The number of carbonyl (C=O) groups excluding carboxylic acids is 2. The highest BCUT2D eigenvalue weighted by Crippen LogP contribution is 2.24. The van der Waals surface area contributed by atoms with Gasteiger partial charge in [0.2, 0.25) is 0 Å². The summed E-state index contributed by atoms with van der Waals surface area (Å²) in [6, 6.07) is 18.3. The highest BCUT2D eigenvalue weighted by atomic mass is 16.5. The lowest BCUT2D eigenvalue weighted by atomic mass is 10.1. The molecule has 1 amide bonds. The fraction of sp³-hybridized carbons (Fsp3) is 0.182. The van der Waals surface area contributed by atoms with Crippen LogP contribution in [0.25, 0.3) is 10.8 Å². The monoisotopic (exact) mass is 379 g/mol. The summed E-state index contributed by atoms with van der Waals surface area (Å²) >= 11 is 0. The molecule has 28 heavy (non-hydrogen) atoms. The van der Waals surface area contributed by atoms with Crippen LogP contribution in [0.15, 0.2) is 60.7 Å². The number of nitrogens with one attached hydrogen (secondary N) is 1. The smallest absolute Gasteiger partial charge is 0.337 e. The van der Waals surface area contributed by atoms with Gasteiger partial charge in [0.05, 0.1) is 19.8 Å². The molecule has 0 aliphatic rings. The number of amides is 1. The molecule has 0 heterocycles. The van der Waals surface area contributed by atoms with Crippen molar-refractivity contribution in [3.05, 3.63) is 71.8 Å². The van der Waals surface area contributed by atoms with Crippen LogP contribution in [0.3, 0.4) is 0 Å². The minimum Gasteiger partial charge on any atom is -0.497 e. The maximum atomic E-state index is 12.0. The van der Waals surface area contributed by atoms with Gasteiger partial charge in [0.1, 0.15) is 11.5 Å². The van der Waals surface area contributed by atoms with Crippen molar-refractivity contribution >= 4 is 22.6 Å². The molecule has 0 saturated heterocycles. The first-order valence-electron chi connectivity index (χ1n) is 8.73. The summed E-state index contributed by atoms with van der Waals surface area (Å²) in [5, 5.41) is 4.83. The molecule has 144 valence electrons. The number of hydrogen-bond donors (Lipinski definition) is 1. The van der Waals surface area contributed by atoms with Gasteiger partial charge in [-0.05, 0) is 52.7 Å². The fourth-order valence-corrected chi connectivity index (χ4v) is 2.70. The Hall–Kier alpha value is -3.54. The summed E-state index contributed by atoms with van der Waals surface area (Å²) in [6.07, 6.45) is 0. The van der Waals surface area contributed by atoms with E-state index in [1.165, 1.54) is 7.11 Å². The van der Waals surface area contributed by atoms with E-state index in [1.54, 1.807) is 31.4 Å². The van der Waals surface area contributed by atoms with E-state index in [2.05, 4.69) is 10.1 Å². The molecule has 0 fully saturated rings. The third-order valence-corrected chi connectivity index (χ3v) is 4.25. The van der Waals surface area contributed by atoms with Crippen molar-refractivity contribution in [2.45, 2.75) is 6.54 Å². The molecular formula is C22H21NO5. The van der Waals surface area contributed by atoms with Crippen molar-refractivity contribution in [1.29, 1.82) is 0 Å². The number of benzene rings is 3. The van der Waals surface area contributed by atoms with Crippen LogP contribution in [0, 0.1) is 0 Å². The molecule has 0 aromatic heterocycles. The Balaban J connectivity index is 1.52. The van der Waals surface area contributed by atoms with Gasteiger partial charge in [0.15, 0.2) is 6.61 Å².